The fraction of sp³-hybridized carbons (Fsp3) is 0.625. The van der Waals surface area contributed by atoms with Crippen LogP contribution in [0.2, 0.25) is 0 Å². The van der Waals surface area contributed by atoms with E-state index in [0.29, 0.717) is 31.8 Å². The number of hydrogen-bond acceptors (Lipinski definition) is 7. The highest BCUT2D eigenvalue weighted by Gasteiger charge is 2.28. The van der Waals surface area contributed by atoms with Gasteiger partial charge in [0.15, 0.2) is 5.92 Å². The van der Waals surface area contributed by atoms with Crippen molar-refractivity contribution < 1.29 is 28.6 Å². The molecule has 1 rings (SSSR count). The Kier molecular flexibility index (Phi) is 8.53. The van der Waals surface area contributed by atoms with Crippen molar-refractivity contribution in [3.05, 3.63) is 11.8 Å². The number of esters is 2. The van der Waals surface area contributed by atoms with E-state index in [-0.39, 0.29) is 19.3 Å². The first-order chi connectivity index (χ1) is 11.5. The maximum atomic E-state index is 11.8. The molecular weight excluding hydrogens is 316 g/mol. The Labute approximate surface area is 141 Å². The van der Waals surface area contributed by atoms with E-state index >= 15 is 0 Å². The molecule has 0 saturated carbocycles. The van der Waals surface area contributed by atoms with Crippen molar-refractivity contribution in [3.8, 4) is 0 Å². The highest BCUT2D eigenvalue weighted by atomic mass is 16.6. The average Bonchev–Trinajstić information content (AvgIpc) is 2.56. The Balaban J connectivity index is 2.71. The lowest BCUT2D eigenvalue weighted by Crippen LogP contribution is -2.35. The Morgan fingerprint density at radius 2 is 1.71 bits per heavy atom. The summed E-state index contributed by atoms with van der Waals surface area (Å²) in [4.78, 5) is 41.0. The second kappa shape index (κ2) is 10.4. The summed E-state index contributed by atoms with van der Waals surface area (Å²) < 4.78 is 14.7. The first kappa shape index (κ1) is 19.7. The van der Waals surface area contributed by atoms with Crippen molar-refractivity contribution in [1.29, 1.82) is 0 Å². The minimum Gasteiger partial charge on any atom is -0.465 e. The van der Waals surface area contributed by atoms with E-state index in [1.165, 1.54) is 6.21 Å². The highest BCUT2D eigenvalue weighted by molar-refractivity contribution is 6.09. The zero-order chi connectivity index (χ0) is 17.9. The minimum absolute atomic E-state index is 0.166. The predicted octanol–water partition coefficient (Wildman–Crippen LogP) is 1.55. The molecule has 0 aromatic carbocycles. The van der Waals surface area contributed by atoms with E-state index in [0.717, 1.165) is 0 Å². The molecule has 134 valence electrons. The molecule has 0 unspecified atom stereocenters. The molecule has 24 heavy (non-hydrogen) atoms. The van der Waals surface area contributed by atoms with Gasteiger partial charge < -0.3 is 19.1 Å². The second-order valence-corrected chi connectivity index (χ2v) is 4.85. The first-order valence-corrected chi connectivity index (χ1v) is 8.01. The molecule has 0 aromatic rings. The number of ether oxygens (including phenoxy) is 3. The van der Waals surface area contributed by atoms with Crippen LogP contribution in [0.1, 0.15) is 27.2 Å². The summed E-state index contributed by atoms with van der Waals surface area (Å²) in [5.74, 6) is -2.57. The van der Waals surface area contributed by atoms with Gasteiger partial charge in [0.1, 0.15) is 0 Å². The van der Waals surface area contributed by atoms with E-state index in [2.05, 4.69) is 4.99 Å². The zero-order valence-electron chi connectivity index (χ0n) is 14.3. The largest absolute Gasteiger partial charge is 0.465 e. The molecule has 0 N–H and O–H groups in total. The molecule has 0 aliphatic carbocycles. The van der Waals surface area contributed by atoms with Gasteiger partial charge in [-0.3, -0.25) is 14.6 Å². The molecule has 8 heteroatoms. The summed E-state index contributed by atoms with van der Waals surface area (Å²) in [5, 5.41) is 0. The van der Waals surface area contributed by atoms with Crippen LogP contribution in [0.25, 0.3) is 0 Å². The molecule has 0 aromatic heterocycles. The Bertz CT molecular complexity index is 497. The standard InChI is InChI=1S/C16H24N2O6/c1-4-22-14(19)13(15(20)23-5-2)11-17-12-7-9-18(10-8-12)16(21)24-6-3/h7,11,13H,4-6,8-10H2,1-3H3. The Morgan fingerprint density at radius 1 is 1.12 bits per heavy atom. The number of hydrogen-bond donors (Lipinski definition) is 0. The lowest BCUT2D eigenvalue weighted by molar-refractivity contribution is -0.157. The zero-order valence-corrected chi connectivity index (χ0v) is 14.3. The van der Waals surface area contributed by atoms with Gasteiger partial charge in [-0.1, -0.05) is 0 Å². The predicted molar refractivity (Wildman–Crippen MR) is 86.5 cm³/mol. The van der Waals surface area contributed by atoms with E-state index in [1.807, 2.05) is 0 Å². The van der Waals surface area contributed by atoms with E-state index in [9.17, 15) is 14.4 Å². The fourth-order valence-electron chi connectivity index (χ4n) is 2.01. The monoisotopic (exact) mass is 340 g/mol. The van der Waals surface area contributed by atoms with Gasteiger partial charge in [0, 0.05) is 31.4 Å². The van der Waals surface area contributed by atoms with E-state index in [4.69, 9.17) is 14.2 Å². The molecule has 1 aliphatic rings. The molecule has 1 aliphatic heterocycles. The van der Waals surface area contributed by atoms with Crippen LogP contribution >= 0.6 is 0 Å². The average molecular weight is 340 g/mol. The van der Waals surface area contributed by atoms with Crippen LogP contribution in [0.15, 0.2) is 16.8 Å². The SMILES string of the molecule is CCOC(=O)C(C=NC1=CCN(C(=O)OCC)CC1)C(=O)OCC. The van der Waals surface area contributed by atoms with E-state index in [1.54, 1.807) is 31.7 Å². The van der Waals surface area contributed by atoms with Crippen molar-refractivity contribution in [2.75, 3.05) is 32.9 Å². The van der Waals surface area contributed by atoms with Gasteiger partial charge in [-0.05, 0) is 26.8 Å². The minimum atomic E-state index is -1.19. The third kappa shape index (κ3) is 6.02. The molecular formula is C16H24N2O6. The maximum Gasteiger partial charge on any atom is 0.410 e. The van der Waals surface area contributed by atoms with Crippen molar-refractivity contribution in [1.82, 2.24) is 4.90 Å². The van der Waals surface area contributed by atoms with Crippen molar-refractivity contribution in [2.24, 2.45) is 10.9 Å². The molecule has 1 amide bonds. The lowest BCUT2D eigenvalue weighted by Gasteiger charge is -2.24. The third-order valence-electron chi connectivity index (χ3n) is 3.18. The van der Waals surface area contributed by atoms with Gasteiger partial charge >= 0.3 is 18.0 Å². The number of rotatable bonds is 7. The Hall–Kier alpha value is -2.38. The van der Waals surface area contributed by atoms with E-state index < -0.39 is 17.9 Å². The highest BCUT2D eigenvalue weighted by Crippen LogP contribution is 2.13. The summed E-state index contributed by atoms with van der Waals surface area (Å²) in [6.07, 6.45) is 3.13. The number of carbonyl (C=O) groups excluding carboxylic acids is 3. The quantitative estimate of drug-likeness (QED) is 0.302. The van der Waals surface area contributed by atoms with Crippen LogP contribution in [0.3, 0.4) is 0 Å². The van der Waals surface area contributed by atoms with Crippen LogP contribution in [0.4, 0.5) is 4.79 Å². The van der Waals surface area contributed by atoms with Crippen LogP contribution in [0.5, 0.6) is 0 Å². The molecule has 0 radical (unpaired) electrons. The summed E-state index contributed by atoms with van der Waals surface area (Å²) in [6.45, 7) is 6.55. The summed E-state index contributed by atoms with van der Waals surface area (Å²) in [5.41, 5.74) is 0.689. The van der Waals surface area contributed by atoms with Crippen molar-refractivity contribution >= 4 is 24.2 Å². The third-order valence-corrected chi connectivity index (χ3v) is 3.18. The smallest absolute Gasteiger partial charge is 0.410 e. The van der Waals surface area contributed by atoms with Gasteiger partial charge in [0.05, 0.1) is 19.8 Å². The summed E-state index contributed by atoms with van der Waals surface area (Å²) >= 11 is 0. The van der Waals surface area contributed by atoms with Crippen LogP contribution in [-0.2, 0) is 23.8 Å². The summed E-state index contributed by atoms with van der Waals surface area (Å²) in [6, 6.07) is 0. The van der Waals surface area contributed by atoms with Crippen LogP contribution in [-0.4, -0.2) is 62.1 Å². The second-order valence-electron chi connectivity index (χ2n) is 4.85. The lowest BCUT2D eigenvalue weighted by atomic mass is 10.1. The molecule has 0 fully saturated rings. The molecule has 0 atom stereocenters. The van der Waals surface area contributed by atoms with Crippen molar-refractivity contribution in [2.45, 2.75) is 27.2 Å². The van der Waals surface area contributed by atoms with Crippen LogP contribution < -0.4 is 0 Å². The maximum absolute atomic E-state index is 11.8. The fourth-order valence-corrected chi connectivity index (χ4v) is 2.01. The number of amides is 1. The van der Waals surface area contributed by atoms with Gasteiger partial charge in [-0.15, -0.1) is 0 Å². The molecule has 0 bridgehead atoms. The Morgan fingerprint density at radius 3 is 2.17 bits per heavy atom. The van der Waals surface area contributed by atoms with Crippen LogP contribution in [0, 0.1) is 5.92 Å². The topological polar surface area (TPSA) is 94.5 Å². The molecule has 0 saturated heterocycles. The van der Waals surface area contributed by atoms with Crippen molar-refractivity contribution in [3.63, 3.8) is 0 Å². The molecule has 0 spiro atoms. The van der Waals surface area contributed by atoms with Gasteiger partial charge in [-0.25, -0.2) is 4.79 Å². The van der Waals surface area contributed by atoms with Gasteiger partial charge in [0.25, 0.3) is 0 Å². The number of carbonyl (C=O) groups is 3. The first-order valence-electron chi connectivity index (χ1n) is 8.01. The van der Waals surface area contributed by atoms with Gasteiger partial charge in [-0.2, -0.15) is 0 Å². The molecule has 1 heterocycles. The molecule has 8 nitrogen and oxygen atoms in total. The normalized spacial score (nSPS) is 14.5. The number of nitrogens with zero attached hydrogens (tertiary/aromatic N) is 2. The summed E-state index contributed by atoms with van der Waals surface area (Å²) in [7, 11) is 0. The number of aliphatic imine (C=N–C) groups is 1. The van der Waals surface area contributed by atoms with Gasteiger partial charge in [0.2, 0.25) is 0 Å².